The van der Waals surface area contributed by atoms with Gasteiger partial charge in [0.1, 0.15) is 18.1 Å². The Morgan fingerprint density at radius 1 is 0.973 bits per heavy atom. The van der Waals surface area contributed by atoms with Crippen LogP contribution in [0.5, 0.6) is 0 Å². The first-order chi connectivity index (χ1) is 17.7. The van der Waals surface area contributed by atoms with Gasteiger partial charge in [-0.1, -0.05) is 18.2 Å². The predicted octanol–water partition coefficient (Wildman–Crippen LogP) is -1.54. The number of carbonyl (C=O) groups is 4. The molecule has 0 aliphatic heterocycles. The SMILES string of the molecule is NC(CS)C(=O)NC(Cc1cnc[nH]1)C(=O)NC(Cc1c[nH]c2ccccc12)C(=O)NC(CO)C(=O)O. The summed E-state index contributed by atoms with van der Waals surface area (Å²) in [5, 5.41) is 26.8. The summed E-state index contributed by atoms with van der Waals surface area (Å²) >= 11 is 4.01. The number of amides is 3. The Morgan fingerprint density at radius 2 is 1.62 bits per heavy atom. The van der Waals surface area contributed by atoms with Gasteiger partial charge in [0, 0.05) is 47.6 Å². The van der Waals surface area contributed by atoms with Gasteiger partial charge >= 0.3 is 5.97 Å². The second kappa shape index (κ2) is 12.9. The molecule has 1 aromatic carbocycles. The van der Waals surface area contributed by atoms with Crippen LogP contribution in [0.15, 0.2) is 43.0 Å². The van der Waals surface area contributed by atoms with E-state index < -0.39 is 54.5 Å². The fourth-order valence-electron chi connectivity index (χ4n) is 3.65. The molecule has 2 aromatic heterocycles. The van der Waals surface area contributed by atoms with Crippen LogP contribution in [0.3, 0.4) is 0 Å². The Labute approximate surface area is 217 Å². The number of hydrogen-bond donors (Lipinski definition) is 9. The van der Waals surface area contributed by atoms with E-state index in [0.29, 0.717) is 11.3 Å². The number of aliphatic carboxylic acids is 1. The van der Waals surface area contributed by atoms with Crippen LogP contribution in [0.25, 0.3) is 10.9 Å². The summed E-state index contributed by atoms with van der Waals surface area (Å²) in [6, 6.07) is 2.44. The van der Waals surface area contributed by atoms with Crippen LogP contribution in [0, 0.1) is 0 Å². The predicted molar refractivity (Wildman–Crippen MR) is 137 cm³/mol. The molecule has 3 aromatic rings. The quantitative estimate of drug-likeness (QED) is 0.118. The average molecular weight is 532 g/mol. The fourth-order valence-corrected chi connectivity index (χ4v) is 3.81. The van der Waals surface area contributed by atoms with Gasteiger partial charge in [-0.2, -0.15) is 12.6 Å². The molecule has 0 aliphatic carbocycles. The van der Waals surface area contributed by atoms with Crippen LogP contribution in [-0.4, -0.2) is 85.4 Å². The second-order valence-corrected chi connectivity index (χ2v) is 8.70. The Bertz CT molecular complexity index is 1230. The van der Waals surface area contributed by atoms with Gasteiger partial charge in [-0.25, -0.2) is 9.78 Å². The summed E-state index contributed by atoms with van der Waals surface area (Å²) in [6.45, 7) is -0.838. The molecule has 0 saturated heterocycles. The van der Waals surface area contributed by atoms with Crippen LogP contribution in [0.1, 0.15) is 11.3 Å². The molecule has 2 heterocycles. The zero-order valence-electron chi connectivity index (χ0n) is 19.7. The van der Waals surface area contributed by atoms with Crippen molar-refractivity contribution < 1.29 is 29.4 Å². The van der Waals surface area contributed by atoms with Crippen molar-refractivity contribution in [1.29, 1.82) is 0 Å². The highest BCUT2D eigenvalue weighted by Gasteiger charge is 2.31. The summed E-state index contributed by atoms with van der Waals surface area (Å²) in [7, 11) is 0. The third-order valence-electron chi connectivity index (χ3n) is 5.67. The van der Waals surface area contributed by atoms with Crippen molar-refractivity contribution >= 4 is 47.2 Å². The molecule has 3 amide bonds. The smallest absolute Gasteiger partial charge is 0.328 e. The number of benzene rings is 1. The highest BCUT2D eigenvalue weighted by atomic mass is 32.1. The normalized spacial score (nSPS) is 14.4. The molecule has 0 bridgehead atoms. The molecule has 0 saturated carbocycles. The van der Waals surface area contributed by atoms with Gasteiger partial charge in [0.25, 0.3) is 0 Å². The molecular weight excluding hydrogens is 502 g/mol. The van der Waals surface area contributed by atoms with E-state index in [9.17, 15) is 29.4 Å². The molecule has 0 fully saturated rings. The van der Waals surface area contributed by atoms with Gasteiger partial charge < -0.3 is 41.9 Å². The minimum Gasteiger partial charge on any atom is -0.480 e. The third-order valence-corrected chi connectivity index (χ3v) is 6.07. The first-order valence-electron chi connectivity index (χ1n) is 11.4. The maximum absolute atomic E-state index is 13.3. The van der Waals surface area contributed by atoms with Crippen LogP contribution >= 0.6 is 12.6 Å². The molecule has 0 spiro atoms. The summed E-state index contributed by atoms with van der Waals surface area (Å²) < 4.78 is 0. The van der Waals surface area contributed by atoms with Crippen LogP contribution in [0.4, 0.5) is 0 Å². The van der Waals surface area contributed by atoms with Gasteiger partial charge in [0.2, 0.25) is 17.7 Å². The largest absolute Gasteiger partial charge is 0.480 e. The Balaban J connectivity index is 1.86. The molecule has 3 rings (SSSR count). The summed E-state index contributed by atoms with van der Waals surface area (Å²) in [6.07, 6.45) is 4.61. The number of nitrogens with two attached hydrogens (primary N) is 1. The zero-order valence-corrected chi connectivity index (χ0v) is 20.6. The van der Waals surface area contributed by atoms with E-state index in [0.717, 1.165) is 10.9 Å². The van der Waals surface area contributed by atoms with E-state index in [-0.39, 0.29) is 18.6 Å². The monoisotopic (exact) mass is 531 g/mol. The fraction of sp³-hybridized carbons (Fsp3) is 0.348. The van der Waals surface area contributed by atoms with Crippen LogP contribution < -0.4 is 21.7 Å². The number of carboxylic acids is 1. The number of rotatable bonds is 13. The molecule has 37 heavy (non-hydrogen) atoms. The van der Waals surface area contributed by atoms with Gasteiger partial charge in [-0.3, -0.25) is 14.4 Å². The molecule has 0 radical (unpaired) electrons. The lowest BCUT2D eigenvalue weighted by molar-refractivity contribution is -0.143. The number of aromatic nitrogens is 3. The van der Waals surface area contributed by atoms with Crippen molar-refractivity contribution in [2.24, 2.45) is 5.73 Å². The number of fused-ring (bicyclic) bond motifs is 1. The number of aliphatic hydroxyl groups excluding tert-OH is 1. The number of thiol groups is 1. The Morgan fingerprint density at radius 3 is 2.24 bits per heavy atom. The van der Waals surface area contributed by atoms with E-state index in [2.05, 4.69) is 43.5 Å². The van der Waals surface area contributed by atoms with Crippen molar-refractivity contribution in [2.45, 2.75) is 37.0 Å². The lowest BCUT2D eigenvalue weighted by atomic mass is 10.0. The third kappa shape index (κ3) is 7.31. The van der Waals surface area contributed by atoms with Crippen molar-refractivity contribution in [1.82, 2.24) is 30.9 Å². The number of nitrogens with one attached hydrogen (secondary N) is 5. The van der Waals surface area contributed by atoms with Gasteiger partial charge in [0.15, 0.2) is 0 Å². The number of imidazole rings is 1. The molecule has 14 heteroatoms. The van der Waals surface area contributed by atoms with Crippen molar-refractivity contribution in [2.75, 3.05) is 12.4 Å². The molecule has 9 N–H and O–H groups in total. The molecule has 4 unspecified atom stereocenters. The second-order valence-electron chi connectivity index (χ2n) is 8.34. The number of hydrogen-bond acceptors (Lipinski definition) is 8. The number of H-pyrrole nitrogens is 2. The topological polar surface area (TPSA) is 215 Å². The Kier molecular flexibility index (Phi) is 9.65. The molecule has 0 aliphatic rings. The van der Waals surface area contributed by atoms with Crippen LogP contribution in [0.2, 0.25) is 0 Å². The minimum atomic E-state index is -1.57. The van der Waals surface area contributed by atoms with E-state index in [4.69, 9.17) is 5.73 Å². The van der Waals surface area contributed by atoms with Gasteiger partial charge in [0.05, 0.1) is 19.0 Å². The molecular formula is C23H29N7O6S. The van der Waals surface area contributed by atoms with Gasteiger partial charge in [-0.05, 0) is 11.6 Å². The summed E-state index contributed by atoms with van der Waals surface area (Å²) in [5.74, 6) is -3.52. The maximum Gasteiger partial charge on any atom is 0.328 e. The van der Waals surface area contributed by atoms with Crippen molar-refractivity contribution in [3.8, 4) is 0 Å². The lowest BCUT2D eigenvalue weighted by Crippen LogP contribution is -2.58. The lowest BCUT2D eigenvalue weighted by Gasteiger charge is -2.24. The van der Waals surface area contributed by atoms with Crippen molar-refractivity contribution in [3.05, 3.63) is 54.2 Å². The Hall–Kier alpha value is -3.88. The standard InChI is InChI=1S/C23H29N7O6S/c24-15(10-37)20(32)28-18(6-13-8-25-11-27-13)22(34)29-17(21(33)30-19(9-31)23(35)36)5-12-7-26-16-4-2-1-3-14(12)16/h1-4,7-8,11,15,17-19,26,31,37H,5-6,9-10,24H2,(H,25,27)(H,28,32)(H,29,34)(H,30,33)(H,35,36). The number of nitrogens with zero attached hydrogens (tertiary/aromatic N) is 1. The minimum absolute atomic E-state index is 0.000230. The van der Waals surface area contributed by atoms with Crippen molar-refractivity contribution in [3.63, 3.8) is 0 Å². The maximum atomic E-state index is 13.3. The number of aromatic amines is 2. The van der Waals surface area contributed by atoms with E-state index >= 15 is 0 Å². The van der Waals surface area contributed by atoms with E-state index in [1.807, 2.05) is 24.3 Å². The zero-order chi connectivity index (χ0) is 26.9. The van der Waals surface area contributed by atoms with Crippen LogP contribution in [-0.2, 0) is 32.0 Å². The number of carboxylic acid groups (broad SMARTS) is 1. The first-order valence-corrected chi connectivity index (χ1v) is 12.0. The highest BCUT2D eigenvalue weighted by Crippen LogP contribution is 2.19. The van der Waals surface area contributed by atoms with E-state index in [1.54, 1.807) is 6.20 Å². The number of para-hydroxylation sites is 1. The highest BCUT2D eigenvalue weighted by molar-refractivity contribution is 7.80. The molecule has 4 atom stereocenters. The first kappa shape index (κ1) is 27.7. The molecule has 13 nitrogen and oxygen atoms in total. The van der Waals surface area contributed by atoms with E-state index in [1.165, 1.54) is 12.5 Å². The summed E-state index contributed by atoms with van der Waals surface area (Å²) in [4.78, 5) is 60.1. The average Bonchev–Trinajstić information content (AvgIpc) is 3.55. The molecule has 198 valence electrons. The summed E-state index contributed by atoms with van der Waals surface area (Å²) in [5.41, 5.74) is 7.79. The van der Waals surface area contributed by atoms with Gasteiger partial charge in [-0.15, -0.1) is 0 Å². The number of aliphatic hydroxyl groups is 1. The number of carbonyl (C=O) groups excluding carboxylic acids is 3.